The fourth-order valence-corrected chi connectivity index (χ4v) is 3.20. The molecule has 1 amide bonds. The highest BCUT2D eigenvalue weighted by Crippen LogP contribution is 2.35. The van der Waals surface area contributed by atoms with Crippen LogP contribution in [0.15, 0.2) is 29.8 Å². The highest BCUT2D eigenvalue weighted by atomic mass is 32.1. The van der Waals surface area contributed by atoms with Crippen molar-refractivity contribution in [3.63, 3.8) is 0 Å². The zero-order valence-electron chi connectivity index (χ0n) is 11.0. The van der Waals surface area contributed by atoms with E-state index in [2.05, 4.69) is 16.2 Å². The summed E-state index contributed by atoms with van der Waals surface area (Å²) >= 11 is 1.53. The third-order valence-corrected chi connectivity index (χ3v) is 4.30. The minimum Gasteiger partial charge on any atom is -0.360 e. The highest BCUT2D eigenvalue weighted by Gasteiger charge is 2.33. The van der Waals surface area contributed by atoms with E-state index in [9.17, 15) is 4.79 Å². The van der Waals surface area contributed by atoms with Gasteiger partial charge in [-0.2, -0.15) is 0 Å². The molecule has 1 unspecified atom stereocenters. The molecule has 0 aliphatic carbocycles. The van der Waals surface area contributed by atoms with Gasteiger partial charge in [0.2, 0.25) is 0 Å². The molecular weight excluding hydrogens is 270 g/mol. The van der Waals surface area contributed by atoms with Crippen molar-refractivity contribution in [2.45, 2.75) is 13.1 Å². The Kier molecular flexibility index (Phi) is 3.17. The number of anilines is 1. The second-order valence-electron chi connectivity index (χ2n) is 4.53. The van der Waals surface area contributed by atoms with Crippen molar-refractivity contribution in [1.82, 2.24) is 9.88 Å². The number of nitrogens with one attached hydrogen (secondary N) is 1. The summed E-state index contributed by atoms with van der Waals surface area (Å²) in [6.45, 7) is 2.20. The first-order valence-electron chi connectivity index (χ1n) is 6.22. The lowest BCUT2D eigenvalue weighted by Crippen LogP contribution is -2.43. The molecule has 0 spiro atoms. The average molecular weight is 283 g/mol. The largest absolute Gasteiger partial charge is 0.360 e. The normalized spacial score (nSPS) is 17.3. The SMILES string of the molecule is C#CCN1C(=O)c2ccccc2NC1c1scnc1C. The highest BCUT2D eigenvalue weighted by molar-refractivity contribution is 7.09. The van der Waals surface area contributed by atoms with E-state index in [1.165, 1.54) is 11.3 Å². The lowest BCUT2D eigenvalue weighted by atomic mass is 10.1. The van der Waals surface area contributed by atoms with Gasteiger partial charge in [-0.05, 0) is 19.1 Å². The summed E-state index contributed by atoms with van der Waals surface area (Å²) in [6, 6.07) is 7.48. The third-order valence-electron chi connectivity index (χ3n) is 3.31. The van der Waals surface area contributed by atoms with Crippen molar-refractivity contribution in [2.75, 3.05) is 11.9 Å². The molecule has 1 aromatic heterocycles. The van der Waals surface area contributed by atoms with Crippen LogP contribution in [0.5, 0.6) is 0 Å². The lowest BCUT2D eigenvalue weighted by molar-refractivity contribution is 0.0713. The van der Waals surface area contributed by atoms with Crippen molar-refractivity contribution >= 4 is 22.9 Å². The molecule has 2 heterocycles. The molecular formula is C15H13N3OS. The second kappa shape index (κ2) is 4.99. The fraction of sp³-hybridized carbons (Fsp3) is 0.200. The van der Waals surface area contributed by atoms with Crippen molar-refractivity contribution in [3.8, 4) is 12.3 Å². The van der Waals surface area contributed by atoms with E-state index in [0.717, 1.165) is 16.3 Å². The van der Waals surface area contributed by atoms with Crippen molar-refractivity contribution in [2.24, 2.45) is 0 Å². The number of benzene rings is 1. The molecule has 3 rings (SSSR count). The van der Waals surface area contributed by atoms with E-state index < -0.39 is 0 Å². The van der Waals surface area contributed by atoms with E-state index in [1.807, 2.05) is 31.2 Å². The van der Waals surface area contributed by atoms with Gasteiger partial charge in [0.05, 0.1) is 28.2 Å². The minimum absolute atomic E-state index is 0.0462. The lowest BCUT2D eigenvalue weighted by Gasteiger charge is -2.36. The molecule has 4 nitrogen and oxygen atoms in total. The number of rotatable bonds is 2. The molecule has 1 N–H and O–H groups in total. The topological polar surface area (TPSA) is 45.2 Å². The number of nitrogens with zero attached hydrogens (tertiary/aromatic N) is 2. The van der Waals surface area contributed by atoms with E-state index >= 15 is 0 Å². The Balaban J connectivity index is 2.08. The average Bonchev–Trinajstić information content (AvgIpc) is 2.88. The summed E-state index contributed by atoms with van der Waals surface area (Å²) in [4.78, 5) is 19.5. The minimum atomic E-state index is -0.249. The Morgan fingerprint density at radius 2 is 2.30 bits per heavy atom. The smallest absolute Gasteiger partial charge is 0.258 e. The first-order valence-corrected chi connectivity index (χ1v) is 7.10. The van der Waals surface area contributed by atoms with Crippen LogP contribution in [0.4, 0.5) is 5.69 Å². The summed E-state index contributed by atoms with van der Waals surface area (Å²) < 4.78 is 0. The maximum Gasteiger partial charge on any atom is 0.258 e. The van der Waals surface area contributed by atoms with Crippen LogP contribution in [0.2, 0.25) is 0 Å². The van der Waals surface area contributed by atoms with Gasteiger partial charge in [0, 0.05) is 5.69 Å². The van der Waals surface area contributed by atoms with E-state index in [4.69, 9.17) is 6.42 Å². The van der Waals surface area contributed by atoms with Gasteiger partial charge < -0.3 is 10.2 Å². The molecule has 2 aromatic rings. The number of amides is 1. The molecule has 20 heavy (non-hydrogen) atoms. The van der Waals surface area contributed by atoms with Gasteiger partial charge in [-0.3, -0.25) is 4.79 Å². The van der Waals surface area contributed by atoms with Gasteiger partial charge in [-0.1, -0.05) is 18.1 Å². The van der Waals surface area contributed by atoms with E-state index in [0.29, 0.717) is 5.56 Å². The molecule has 0 saturated carbocycles. The zero-order valence-corrected chi connectivity index (χ0v) is 11.8. The standard InChI is InChI=1S/C15H13N3OS/c1-3-8-18-14(13-10(2)16-9-20-13)17-12-7-5-4-6-11(12)15(18)19/h1,4-7,9,14,17H,8H2,2H3. The molecule has 1 atom stereocenters. The molecule has 1 aliphatic heterocycles. The van der Waals surface area contributed by atoms with Crippen LogP contribution in [0.3, 0.4) is 0 Å². The summed E-state index contributed by atoms with van der Waals surface area (Å²) in [6.07, 6.45) is 5.16. The predicted molar refractivity (Wildman–Crippen MR) is 79.5 cm³/mol. The number of para-hydroxylation sites is 1. The molecule has 5 heteroatoms. The van der Waals surface area contributed by atoms with Gasteiger partial charge in [0.15, 0.2) is 0 Å². The number of aryl methyl sites for hydroxylation is 1. The Labute approximate surface area is 121 Å². The number of carbonyl (C=O) groups excluding carboxylic acids is 1. The van der Waals surface area contributed by atoms with Gasteiger partial charge in [0.25, 0.3) is 5.91 Å². The third kappa shape index (κ3) is 1.95. The number of hydrogen-bond acceptors (Lipinski definition) is 4. The Bertz CT molecular complexity index is 701. The van der Waals surface area contributed by atoms with Crippen LogP contribution in [-0.2, 0) is 0 Å². The molecule has 0 radical (unpaired) electrons. The number of carbonyl (C=O) groups is 1. The van der Waals surface area contributed by atoms with Gasteiger partial charge in [-0.15, -0.1) is 17.8 Å². The van der Waals surface area contributed by atoms with Crippen LogP contribution >= 0.6 is 11.3 Å². The fourth-order valence-electron chi connectivity index (χ4n) is 2.33. The molecule has 0 fully saturated rings. The van der Waals surface area contributed by atoms with Crippen LogP contribution in [-0.4, -0.2) is 22.3 Å². The van der Waals surface area contributed by atoms with Crippen LogP contribution in [0, 0.1) is 19.3 Å². The number of terminal acetylenes is 1. The maximum absolute atomic E-state index is 12.6. The molecule has 1 aromatic carbocycles. The van der Waals surface area contributed by atoms with E-state index in [1.54, 1.807) is 10.4 Å². The van der Waals surface area contributed by atoms with Crippen molar-refractivity contribution in [3.05, 3.63) is 45.9 Å². The van der Waals surface area contributed by atoms with Gasteiger partial charge in [0.1, 0.15) is 6.17 Å². The first kappa shape index (κ1) is 12.7. The Morgan fingerprint density at radius 3 is 3.00 bits per heavy atom. The predicted octanol–water partition coefficient (Wildman–Crippen LogP) is 2.65. The summed E-state index contributed by atoms with van der Waals surface area (Å²) in [7, 11) is 0. The van der Waals surface area contributed by atoms with Gasteiger partial charge in [-0.25, -0.2) is 4.98 Å². The number of aromatic nitrogens is 1. The monoisotopic (exact) mass is 283 g/mol. The Hall–Kier alpha value is -2.32. The Morgan fingerprint density at radius 1 is 1.50 bits per heavy atom. The molecule has 0 saturated heterocycles. The summed E-state index contributed by atoms with van der Waals surface area (Å²) in [5, 5.41) is 3.39. The first-order chi connectivity index (χ1) is 9.72. The number of thiazole rings is 1. The molecule has 100 valence electrons. The number of fused-ring (bicyclic) bond motifs is 1. The van der Waals surface area contributed by atoms with Gasteiger partial charge >= 0.3 is 0 Å². The van der Waals surface area contributed by atoms with Crippen LogP contribution in [0.25, 0.3) is 0 Å². The van der Waals surface area contributed by atoms with Crippen molar-refractivity contribution < 1.29 is 4.79 Å². The molecule has 0 bridgehead atoms. The van der Waals surface area contributed by atoms with Crippen molar-refractivity contribution in [1.29, 1.82) is 0 Å². The molecule has 1 aliphatic rings. The quantitative estimate of drug-likeness (QED) is 0.862. The maximum atomic E-state index is 12.6. The number of hydrogen-bond donors (Lipinski definition) is 1. The van der Waals surface area contributed by atoms with Crippen LogP contribution in [0.1, 0.15) is 27.1 Å². The van der Waals surface area contributed by atoms with E-state index in [-0.39, 0.29) is 18.6 Å². The second-order valence-corrected chi connectivity index (χ2v) is 5.42. The summed E-state index contributed by atoms with van der Waals surface area (Å²) in [5.41, 5.74) is 4.19. The zero-order chi connectivity index (χ0) is 14.1. The summed E-state index contributed by atoms with van der Waals surface area (Å²) in [5.74, 6) is 2.51. The van der Waals surface area contributed by atoms with Crippen LogP contribution < -0.4 is 5.32 Å².